The number of benzene rings is 2. The average molecular weight is 292 g/mol. The predicted octanol–water partition coefficient (Wildman–Crippen LogP) is 3.31. The molecular weight excluding hydrogens is 272 g/mol. The molecular formula is C18H20N4. The Morgan fingerprint density at radius 2 is 1.32 bits per heavy atom. The lowest BCUT2D eigenvalue weighted by atomic mass is 10.2. The van der Waals surface area contributed by atoms with Crippen molar-refractivity contribution in [3.05, 3.63) is 84.2 Å². The van der Waals surface area contributed by atoms with E-state index in [4.69, 9.17) is 11.5 Å². The van der Waals surface area contributed by atoms with E-state index in [-0.39, 0.29) is 0 Å². The quantitative estimate of drug-likeness (QED) is 0.911. The van der Waals surface area contributed by atoms with E-state index < -0.39 is 0 Å². The highest BCUT2D eigenvalue weighted by molar-refractivity contribution is 5.66. The number of hydrogen-bond acceptors (Lipinski definition) is 4. The summed E-state index contributed by atoms with van der Waals surface area (Å²) in [5.74, 6) is 1.08. The van der Waals surface area contributed by atoms with Crippen LogP contribution >= 0.6 is 0 Å². The van der Waals surface area contributed by atoms with Crippen LogP contribution in [0.15, 0.2) is 84.2 Å². The van der Waals surface area contributed by atoms with Gasteiger partial charge in [-0.15, -0.1) is 0 Å². The first-order chi connectivity index (χ1) is 10.7. The highest BCUT2D eigenvalue weighted by Crippen LogP contribution is 2.31. The van der Waals surface area contributed by atoms with E-state index in [2.05, 4.69) is 6.92 Å². The van der Waals surface area contributed by atoms with Crippen molar-refractivity contribution < 1.29 is 0 Å². The molecule has 22 heavy (non-hydrogen) atoms. The van der Waals surface area contributed by atoms with Crippen LogP contribution in [0.25, 0.3) is 0 Å². The highest BCUT2D eigenvalue weighted by atomic mass is 15.3. The summed E-state index contributed by atoms with van der Waals surface area (Å²) in [6, 6.07) is 20.0. The van der Waals surface area contributed by atoms with Gasteiger partial charge in [0.05, 0.1) is 0 Å². The number of rotatable bonds is 3. The molecule has 0 spiro atoms. The molecule has 0 amide bonds. The molecule has 1 aliphatic heterocycles. The fourth-order valence-electron chi connectivity index (χ4n) is 2.60. The largest absolute Gasteiger partial charge is 0.382 e. The SMILES string of the molecule is CCC1=CN(c2ccccc2)C(N)=C(N)N1c1ccccc1. The van der Waals surface area contributed by atoms with Crippen molar-refractivity contribution in [3.8, 4) is 0 Å². The normalized spacial score (nSPS) is 15.0. The Bertz CT molecular complexity index is 704. The highest BCUT2D eigenvalue weighted by Gasteiger charge is 2.25. The number of nitrogens with zero attached hydrogens (tertiary/aromatic N) is 2. The Morgan fingerprint density at radius 3 is 1.86 bits per heavy atom. The summed E-state index contributed by atoms with van der Waals surface area (Å²) in [5.41, 5.74) is 15.8. The van der Waals surface area contributed by atoms with E-state index in [0.29, 0.717) is 11.6 Å². The van der Waals surface area contributed by atoms with Crippen molar-refractivity contribution in [2.75, 3.05) is 9.80 Å². The van der Waals surface area contributed by atoms with E-state index >= 15 is 0 Å². The lowest BCUT2D eigenvalue weighted by molar-refractivity contribution is 0.867. The van der Waals surface area contributed by atoms with Crippen LogP contribution in [0, 0.1) is 0 Å². The van der Waals surface area contributed by atoms with Gasteiger partial charge in [0.25, 0.3) is 0 Å². The second-order valence-corrected chi connectivity index (χ2v) is 5.12. The van der Waals surface area contributed by atoms with Crippen LogP contribution in [0.3, 0.4) is 0 Å². The van der Waals surface area contributed by atoms with E-state index in [9.17, 15) is 0 Å². The van der Waals surface area contributed by atoms with Gasteiger partial charge in [-0.05, 0) is 30.7 Å². The Morgan fingerprint density at radius 1 is 0.773 bits per heavy atom. The van der Waals surface area contributed by atoms with Crippen LogP contribution in [0.1, 0.15) is 13.3 Å². The third-order valence-corrected chi connectivity index (χ3v) is 3.74. The molecule has 4 N–H and O–H groups in total. The number of hydrogen-bond donors (Lipinski definition) is 2. The van der Waals surface area contributed by atoms with Crippen LogP contribution in [-0.2, 0) is 0 Å². The summed E-state index contributed by atoms with van der Waals surface area (Å²) in [7, 11) is 0. The van der Waals surface area contributed by atoms with Gasteiger partial charge in [-0.2, -0.15) is 0 Å². The van der Waals surface area contributed by atoms with Crippen LogP contribution < -0.4 is 21.3 Å². The van der Waals surface area contributed by atoms with Crippen molar-refractivity contribution in [1.29, 1.82) is 0 Å². The summed E-state index contributed by atoms with van der Waals surface area (Å²) in [6.45, 7) is 2.11. The van der Waals surface area contributed by atoms with Crippen molar-refractivity contribution in [1.82, 2.24) is 0 Å². The van der Waals surface area contributed by atoms with Gasteiger partial charge in [-0.1, -0.05) is 43.3 Å². The van der Waals surface area contributed by atoms with Gasteiger partial charge in [0, 0.05) is 23.3 Å². The first-order valence-electron chi connectivity index (χ1n) is 7.37. The molecule has 0 saturated carbocycles. The fourth-order valence-corrected chi connectivity index (χ4v) is 2.60. The second kappa shape index (κ2) is 5.85. The van der Waals surface area contributed by atoms with E-state index in [1.165, 1.54) is 0 Å². The molecule has 4 heteroatoms. The van der Waals surface area contributed by atoms with Crippen molar-refractivity contribution in [2.24, 2.45) is 11.5 Å². The first kappa shape index (κ1) is 14.1. The number of allylic oxidation sites excluding steroid dienone is 1. The zero-order valence-electron chi connectivity index (χ0n) is 12.6. The lowest BCUT2D eigenvalue weighted by Gasteiger charge is -2.36. The zero-order chi connectivity index (χ0) is 15.5. The minimum Gasteiger partial charge on any atom is -0.382 e. The summed E-state index contributed by atoms with van der Waals surface area (Å²) in [5, 5.41) is 0. The summed E-state index contributed by atoms with van der Waals surface area (Å²) in [4.78, 5) is 3.95. The molecule has 1 aliphatic rings. The van der Waals surface area contributed by atoms with Gasteiger partial charge in [-0.25, -0.2) is 0 Å². The Hall–Kier alpha value is -2.88. The molecule has 0 unspecified atom stereocenters. The standard InChI is InChI=1S/C18H20N4/c1-2-14-13-21(15-9-5-3-6-10-15)17(19)18(20)22(14)16-11-7-4-8-12-16/h3-13H,2,19-20H2,1H3. The summed E-state index contributed by atoms with van der Waals surface area (Å²) in [6.07, 6.45) is 2.90. The van der Waals surface area contributed by atoms with E-state index in [1.807, 2.05) is 76.7 Å². The number of nitrogens with two attached hydrogens (primary N) is 2. The smallest absolute Gasteiger partial charge is 0.150 e. The van der Waals surface area contributed by atoms with Crippen molar-refractivity contribution in [3.63, 3.8) is 0 Å². The molecule has 0 saturated heterocycles. The molecule has 3 rings (SSSR count). The second-order valence-electron chi connectivity index (χ2n) is 5.12. The van der Waals surface area contributed by atoms with Crippen molar-refractivity contribution in [2.45, 2.75) is 13.3 Å². The monoisotopic (exact) mass is 292 g/mol. The van der Waals surface area contributed by atoms with Gasteiger partial charge in [0.2, 0.25) is 0 Å². The molecule has 0 fully saturated rings. The molecule has 112 valence electrons. The molecule has 0 radical (unpaired) electrons. The summed E-state index contributed by atoms with van der Waals surface area (Å²) >= 11 is 0. The number of anilines is 2. The van der Waals surface area contributed by atoms with Gasteiger partial charge in [0.1, 0.15) is 11.6 Å². The lowest BCUT2D eigenvalue weighted by Crippen LogP contribution is -2.40. The van der Waals surface area contributed by atoms with Crippen LogP contribution in [-0.4, -0.2) is 0 Å². The third-order valence-electron chi connectivity index (χ3n) is 3.74. The molecule has 2 aromatic carbocycles. The van der Waals surface area contributed by atoms with Gasteiger partial charge < -0.3 is 11.5 Å². The van der Waals surface area contributed by atoms with Crippen LogP contribution in [0.2, 0.25) is 0 Å². The fraction of sp³-hybridized carbons (Fsp3) is 0.111. The predicted molar refractivity (Wildman–Crippen MR) is 91.6 cm³/mol. The third kappa shape index (κ3) is 2.39. The minimum absolute atomic E-state index is 0.534. The summed E-state index contributed by atoms with van der Waals surface area (Å²) < 4.78 is 0. The molecule has 1 heterocycles. The Labute approximate surface area is 130 Å². The van der Waals surface area contributed by atoms with Gasteiger partial charge in [-0.3, -0.25) is 9.80 Å². The van der Waals surface area contributed by atoms with E-state index in [0.717, 1.165) is 23.5 Å². The minimum atomic E-state index is 0.534. The molecule has 0 atom stereocenters. The molecule has 4 nitrogen and oxygen atoms in total. The molecule has 0 bridgehead atoms. The Balaban J connectivity index is 2.07. The van der Waals surface area contributed by atoms with Crippen LogP contribution in [0.4, 0.5) is 11.4 Å². The average Bonchev–Trinajstić information content (AvgIpc) is 2.58. The van der Waals surface area contributed by atoms with Crippen LogP contribution in [0.5, 0.6) is 0 Å². The molecule has 0 aliphatic carbocycles. The molecule has 0 aromatic heterocycles. The van der Waals surface area contributed by atoms with Gasteiger partial charge in [0.15, 0.2) is 0 Å². The maximum atomic E-state index is 6.35. The first-order valence-corrected chi connectivity index (χ1v) is 7.37. The molecule has 2 aromatic rings. The zero-order valence-corrected chi connectivity index (χ0v) is 12.6. The van der Waals surface area contributed by atoms with Gasteiger partial charge >= 0.3 is 0 Å². The number of para-hydroxylation sites is 2. The topological polar surface area (TPSA) is 58.5 Å². The van der Waals surface area contributed by atoms with Crippen molar-refractivity contribution >= 4 is 11.4 Å². The van der Waals surface area contributed by atoms with E-state index in [1.54, 1.807) is 0 Å². The Kier molecular flexibility index (Phi) is 3.74. The maximum Gasteiger partial charge on any atom is 0.150 e. The maximum absolute atomic E-state index is 6.35.